The highest BCUT2D eigenvalue weighted by atomic mass is 16.5. The van der Waals surface area contributed by atoms with Gasteiger partial charge in [-0.25, -0.2) is 4.79 Å². The molecule has 0 aliphatic heterocycles. The van der Waals surface area contributed by atoms with Crippen molar-refractivity contribution in [1.29, 1.82) is 0 Å². The first-order chi connectivity index (χ1) is 7.07. The van der Waals surface area contributed by atoms with Crippen LogP contribution in [-0.2, 0) is 9.53 Å². The lowest BCUT2D eigenvalue weighted by atomic mass is 10.2. The lowest BCUT2D eigenvalue weighted by molar-refractivity contribution is -0.114. The van der Waals surface area contributed by atoms with Gasteiger partial charge in [-0.3, -0.25) is 0 Å². The third-order valence-corrected chi connectivity index (χ3v) is 1.20. The van der Waals surface area contributed by atoms with E-state index in [-0.39, 0.29) is 11.8 Å². The van der Waals surface area contributed by atoms with Crippen LogP contribution in [0.4, 0.5) is 0 Å². The molecule has 1 rings (SSSR count). The van der Waals surface area contributed by atoms with E-state index in [1.54, 1.807) is 24.3 Å². The highest BCUT2D eigenvalue weighted by Gasteiger charge is 2.01. The number of carbonyl (C=O) groups is 2. The average Bonchev–Trinajstić information content (AvgIpc) is 2.19. The number of ether oxygens (including phenoxy) is 1. The lowest BCUT2D eigenvalue weighted by Crippen LogP contribution is -1.98. The summed E-state index contributed by atoms with van der Waals surface area (Å²) in [6.07, 6.45) is 1.12. The fourth-order valence-corrected chi connectivity index (χ4v) is 0.718. The molecule has 0 unspecified atom stereocenters. The second-order valence-electron chi connectivity index (χ2n) is 2.85. The van der Waals surface area contributed by atoms with E-state index in [0.717, 1.165) is 6.26 Å². The van der Waals surface area contributed by atoms with Gasteiger partial charge in [-0.2, -0.15) is 0 Å². The molecule has 0 saturated heterocycles. The van der Waals surface area contributed by atoms with Crippen molar-refractivity contribution in [3.63, 3.8) is 0 Å². The van der Waals surface area contributed by atoms with E-state index in [1.807, 2.05) is 6.07 Å². The Balaban J connectivity index is 0.000000423. The summed E-state index contributed by atoms with van der Waals surface area (Å²) < 4.78 is 4.55. The lowest BCUT2D eigenvalue weighted by Gasteiger charge is -1.96. The Hall–Kier alpha value is -1.90. The predicted molar refractivity (Wildman–Crippen MR) is 58.4 cm³/mol. The topological polar surface area (TPSA) is 43.4 Å². The molecule has 1 aromatic rings. The Morgan fingerprint density at radius 3 is 2.07 bits per heavy atom. The van der Waals surface area contributed by atoms with Gasteiger partial charge in [0.25, 0.3) is 0 Å². The van der Waals surface area contributed by atoms with E-state index >= 15 is 0 Å². The second kappa shape index (κ2) is 7.50. The maximum Gasteiger partial charge on any atom is 0.342 e. The van der Waals surface area contributed by atoms with Crippen molar-refractivity contribution in [2.24, 2.45) is 0 Å². The van der Waals surface area contributed by atoms with Crippen LogP contribution in [0.15, 0.2) is 43.2 Å². The van der Waals surface area contributed by atoms with Crippen molar-refractivity contribution in [2.45, 2.75) is 13.8 Å². The Kier molecular flexibility index (Phi) is 6.55. The van der Waals surface area contributed by atoms with E-state index in [9.17, 15) is 9.59 Å². The molecule has 0 heterocycles. The van der Waals surface area contributed by atoms with E-state index < -0.39 is 0 Å². The van der Waals surface area contributed by atoms with Crippen LogP contribution >= 0.6 is 0 Å². The van der Waals surface area contributed by atoms with Crippen molar-refractivity contribution in [3.8, 4) is 0 Å². The number of rotatable bonds is 2. The van der Waals surface area contributed by atoms with Gasteiger partial charge in [-0.05, 0) is 26.0 Å². The molecule has 0 atom stereocenters. The molecular weight excluding hydrogens is 192 g/mol. The van der Waals surface area contributed by atoms with Gasteiger partial charge in [0.1, 0.15) is 5.78 Å². The van der Waals surface area contributed by atoms with Gasteiger partial charge < -0.3 is 9.53 Å². The normalized spacial score (nSPS) is 8.13. The second-order valence-corrected chi connectivity index (χ2v) is 2.85. The van der Waals surface area contributed by atoms with E-state index in [1.165, 1.54) is 13.8 Å². The minimum absolute atomic E-state index is 0.167. The number of hydrogen-bond acceptors (Lipinski definition) is 3. The summed E-state index contributed by atoms with van der Waals surface area (Å²) in [5.41, 5.74) is 0.535. The Morgan fingerprint density at radius 2 is 1.67 bits per heavy atom. The third kappa shape index (κ3) is 7.19. The molecule has 3 nitrogen and oxygen atoms in total. The number of ketones is 1. The number of carbonyl (C=O) groups excluding carboxylic acids is 2. The van der Waals surface area contributed by atoms with Crippen molar-refractivity contribution >= 4 is 11.8 Å². The summed E-state index contributed by atoms with van der Waals surface area (Å²) in [5.74, 6) is -0.208. The first-order valence-corrected chi connectivity index (χ1v) is 4.42. The zero-order chi connectivity index (χ0) is 11.7. The van der Waals surface area contributed by atoms with Crippen molar-refractivity contribution in [1.82, 2.24) is 0 Å². The first kappa shape index (κ1) is 13.1. The van der Waals surface area contributed by atoms with Crippen molar-refractivity contribution in [3.05, 3.63) is 48.7 Å². The summed E-state index contributed by atoms with van der Waals surface area (Å²) in [5, 5.41) is 0. The minimum atomic E-state index is -0.374. The first-order valence-electron chi connectivity index (χ1n) is 4.42. The fourth-order valence-electron chi connectivity index (χ4n) is 0.718. The molecule has 0 bridgehead atoms. The monoisotopic (exact) mass is 206 g/mol. The molecule has 0 aliphatic rings. The zero-order valence-electron chi connectivity index (χ0n) is 8.90. The van der Waals surface area contributed by atoms with E-state index in [2.05, 4.69) is 11.3 Å². The summed E-state index contributed by atoms with van der Waals surface area (Å²) in [6.45, 7) is 6.34. The number of benzene rings is 1. The minimum Gasteiger partial charge on any atom is -0.432 e. The molecule has 0 spiro atoms. The summed E-state index contributed by atoms with van der Waals surface area (Å²) in [6, 6.07) is 8.77. The third-order valence-electron chi connectivity index (χ3n) is 1.20. The Bertz CT molecular complexity index is 324. The van der Waals surface area contributed by atoms with Gasteiger partial charge in [0, 0.05) is 0 Å². The van der Waals surface area contributed by atoms with Gasteiger partial charge in [-0.15, -0.1) is 0 Å². The maximum atomic E-state index is 11.0. The van der Waals surface area contributed by atoms with Crippen LogP contribution in [0.3, 0.4) is 0 Å². The van der Waals surface area contributed by atoms with Crippen LogP contribution in [0, 0.1) is 0 Å². The molecule has 0 radical (unpaired) electrons. The quantitative estimate of drug-likeness (QED) is 0.551. The van der Waals surface area contributed by atoms with Gasteiger partial charge in [-0.1, -0.05) is 24.8 Å². The van der Waals surface area contributed by atoms with Crippen LogP contribution in [0.1, 0.15) is 24.2 Å². The van der Waals surface area contributed by atoms with Crippen LogP contribution < -0.4 is 0 Å². The predicted octanol–water partition coefficient (Wildman–Crippen LogP) is 2.58. The molecule has 0 aliphatic carbocycles. The fraction of sp³-hybridized carbons (Fsp3) is 0.167. The van der Waals surface area contributed by atoms with Crippen LogP contribution in [-0.4, -0.2) is 11.8 Å². The SMILES string of the molecule is C=COC(=O)c1ccccc1.CC(C)=O. The molecule has 15 heavy (non-hydrogen) atoms. The molecule has 0 N–H and O–H groups in total. The number of hydrogen-bond donors (Lipinski definition) is 0. The van der Waals surface area contributed by atoms with Gasteiger partial charge in [0.05, 0.1) is 11.8 Å². The Morgan fingerprint density at radius 1 is 1.20 bits per heavy atom. The van der Waals surface area contributed by atoms with Crippen LogP contribution in [0.5, 0.6) is 0 Å². The van der Waals surface area contributed by atoms with Crippen molar-refractivity contribution < 1.29 is 14.3 Å². The molecular formula is C12H14O3. The highest BCUT2D eigenvalue weighted by Crippen LogP contribution is 2.00. The van der Waals surface area contributed by atoms with Crippen LogP contribution in [0.2, 0.25) is 0 Å². The molecule has 0 fully saturated rings. The molecule has 0 amide bonds. The van der Waals surface area contributed by atoms with Gasteiger partial charge in [0.15, 0.2) is 0 Å². The summed E-state index contributed by atoms with van der Waals surface area (Å²) in [4.78, 5) is 20.4. The molecule has 80 valence electrons. The zero-order valence-corrected chi connectivity index (χ0v) is 8.90. The summed E-state index contributed by atoms with van der Waals surface area (Å²) in [7, 11) is 0. The van der Waals surface area contributed by atoms with Gasteiger partial charge >= 0.3 is 5.97 Å². The Labute approximate surface area is 89.4 Å². The van der Waals surface area contributed by atoms with Crippen molar-refractivity contribution in [2.75, 3.05) is 0 Å². The molecule has 3 heteroatoms. The molecule has 0 saturated carbocycles. The van der Waals surface area contributed by atoms with E-state index in [4.69, 9.17) is 0 Å². The number of esters is 1. The average molecular weight is 206 g/mol. The standard InChI is InChI=1S/C9H8O2.C3H6O/c1-2-11-9(10)8-6-4-3-5-7-8;1-3(2)4/h2-7H,1H2;1-2H3. The number of Topliss-reactive ketones (excluding diaryl/α,β-unsaturated/α-hetero) is 1. The maximum absolute atomic E-state index is 11.0. The highest BCUT2D eigenvalue weighted by molar-refractivity contribution is 5.89. The molecule has 1 aromatic carbocycles. The molecule has 0 aromatic heterocycles. The van der Waals surface area contributed by atoms with Crippen LogP contribution in [0.25, 0.3) is 0 Å². The van der Waals surface area contributed by atoms with E-state index in [0.29, 0.717) is 5.56 Å². The summed E-state index contributed by atoms with van der Waals surface area (Å²) >= 11 is 0. The largest absolute Gasteiger partial charge is 0.432 e. The van der Waals surface area contributed by atoms with Gasteiger partial charge in [0.2, 0.25) is 0 Å². The smallest absolute Gasteiger partial charge is 0.342 e.